The third-order valence-electron chi connectivity index (χ3n) is 4.55. The molecule has 162 valence electrons. The molecule has 7 nitrogen and oxygen atoms in total. The van der Waals surface area contributed by atoms with Crippen LogP contribution in [0.3, 0.4) is 0 Å². The zero-order valence-electron chi connectivity index (χ0n) is 16.8. The number of halogens is 1. The first-order chi connectivity index (χ1) is 14.9. The summed E-state index contributed by atoms with van der Waals surface area (Å²) in [5.74, 6) is -2.26. The summed E-state index contributed by atoms with van der Waals surface area (Å²) in [6.07, 6.45) is -0.0693. The average Bonchev–Trinajstić information content (AvgIpc) is 3.02. The Morgan fingerprint density at radius 1 is 1.19 bits per heavy atom. The summed E-state index contributed by atoms with van der Waals surface area (Å²) in [5.41, 5.74) is 1.33. The van der Waals surface area contributed by atoms with Gasteiger partial charge in [0.05, 0.1) is 24.3 Å². The molecule has 1 aliphatic heterocycles. The molecule has 0 aliphatic carbocycles. The van der Waals surface area contributed by atoms with Crippen LogP contribution in [0.15, 0.2) is 53.5 Å². The first kappa shape index (κ1) is 22.5. The first-order valence-corrected chi connectivity index (χ1v) is 10.6. The van der Waals surface area contributed by atoms with Crippen LogP contribution in [0.25, 0.3) is 0 Å². The second-order valence-electron chi connectivity index (χ2n) is 6.70. The second kappa shape index (κ2) is 10.2. The fraction of sp³-hybridized carbons (Fsp3) is 0.273. The minimum atomic E-state index is -1.08. The van der Waals surface area contributed by atoms with Gasteiger partial charge in [0.1, 0.15) is 11.1 Å². The predicted octanol–water partition coefficient (Wildman–Crippen LogP) is 3.65. The number of carboxylic acid groups (broad SMARTS) is 1. The number of ether oxygens (including phenoxy) is 1. The van der Waals surface area contributed by atoms with E-state index in [-0.39, 0.29) is 37.7 Å². The Hall–Kier alpha value is -3.20. The average molecular weight is 444 g/mol. The van der Waals surface area contributed by atoms with Gasteiger partial charge in [-0.05, 0) is 49.2 Å². The maximum absolute atomic E-state index is 14.0. The van der Waals surface area contributed by atoms with E-state index >= 15 is 0 Å². The molecule has 1 amide bonds. The molecule has 0 aromatic heterocycles. The van der Waals surface area contributed by atoms with Crippen molar-refractivity contribution in [2.45, 2.75) is 25.0 Å². The Kier molecular flexibility index (Phi) is 7.41. The van der Waals surface area contributed by atoms with Gasteiger partial charge in [-0.1, -0.05) is 30.0 Å². The van der Waals surface area contributed by atoms with Crippen molar-refractivity contribution in [1.29, 1.82) is 0 Å². The first-order valence-electron chi connectivity index (χ1n) is 9.68. The molecular formula is C22H21FN2O5S. The van der Waals surface area contributed by atoms with E-state index in [1.165, 1.54) is 11.0 Å². The number of aliphatic imine (C=N–C) groups is 1. The molecule has 1 heterocycles. The lowest BCUT2D eigenvalue weighted by molar-refractivity contribution is -0.139. The molecule has 0 radical (unpaired) electrons. The van der Waals surface area contributed by atoms with Gasteiger partial charge >= 0.3 is 11.9 Å². The molecule has 31 heavy (non-hydrogen) atoms. The summed E-state index contributed by atoms with van der Waals surface area (Å²) in [7, 11) is 0. The van der Waals surface area contributed by atoms with Crippen molar-refractivity contribution in [3.8, 4) is 0 Å². The van der Waals surface area contributed by atoms with Crippen molar-refractivity contribution in [1.82, 2.24) is 4.90 Å². The number of carbonyl (C=O) groups excluding carboxylic acids is 2. The Balaban J connectivity index is 1.82. The van der Waals surface area contributed by atoms with Crippen molar-refractivity contribution in [2.75, 3.05) is 13.2 Å². The Morgan fingerprint density at radius 3 is 2.55 bits per heavy atom. The Labute approximate surface area is 182 Å². The van der Waals surface area contributed by atoms with Gasteiger partial charge in [0.25, 0.3) is 0 Å². The summed E-state index contributed by atoms with van der Waals surface area (Å²) in [6, 6.07) is 12.7. The normalized spacial score (nSPS) is 17.2. The van der Waals surface area contributed by atoms with E-state index < -0.39 is 17.2 Å². The lowest BCUT2D eigenvalue weighted by Gasteiger charge is -2.16. The molecule has 3 rings (SSSR count). The lowest BCUT2D eigenvalue weighted by atomic mass is 10.1. The molecule has 1 saturated heterocycles. The zero-order chi connectivity index (χ0) is 22.4. The van der Waals surface area contributed by atoms with E-state index in [0.29, 0.717) is 22.0 Å². The Bertz CT molecular complexity index is 1010. The predicted molar refractivity (Wildman–Crippen MR) is 115 cm³/mol. The van der Waals surface area contributed by atoms with Crippen LogP contribution in [0.5, 0.6) is 0 Å². The van der Waals surface area contributed by atoms with Crippen molar-refractivity contribution in [3.63, 3.8) is 0 Å². The number of esters is 1. The molecule has 0 bridgehead atoms. The molecule has 1 aliphatic rings. The van der Waals surface area contributed by atoms with Crippen molar-refractivity contribution in [3.05, 3.63) is 65.5 Å². The molecule has 0 spiro atoms. The summed E-state index contributed by atoms with van der Waals surface area (Å²) in [5, 5.41) is 8.66. The van der Waals surface area contributed by atoms with E-state index in [4.69, 9.17) is 9.84 Å². The number of hydrogen-bond acceptors (Lipinski definition) is 6. The highest BCUT2D eigenvalue weighted by Crippen LogP contribution is 2.32. The van der Waals surface area contributed by atoms with Gasteiger partial charge in [-0.15, -0.1) is 0 Å². The van der Waals surface area contributed by atoms with Gasteiger partial charge in [-0.25, -0.2) is 14.2 Å². The number of amides is 1. The lowest BCUT2D eigenvalue weighted by Crippen LogP contribution is -2.34. The second-order valence-corrected chi connectivity index (χ2v) is 7.87. The number of hydrogen-bond donors (Lipinski definition) is 1. The van der Waals surface area contributed by atoms with Crippen LogP contribution in [0.1, 0.15) is 29.3 Å². The molecule has 9 heteroatoms. The Morgan fingerprint density at radius 2 is 1.90 bits per heavy atom. The topological polar surface area (TPSA) is 96.3 Å². The molecule has 2 aromatic carbocycles. The highest BCUT2D eigenvalue weighted by atomic mass is 32.2. The fourth-order valence-electron chi connectivity index (χ4n) is 3.02. The van der Waals surface area contributed by atoms with Crippen LogP contribution in [-0.2, 0) is 20.7 Å². The van der Waals surface area contributed by atoms with Crippen LogP contribution >= 0.6 is 11.8 Å². The van der Waals surface area contributed by atoms with Gasteiger partial charge in [0.2, 0.25) is 5.91 Å². The van der Waals surface area contributed by atoms with Crippen LogP contribution in [-0.4, -0.2) is 51.4 Å². The molecule has 1 atom stereocenters. The van der Waals surface area contributed by atoms with Gasteiger partial charge in [0.15, 0.2) is 5.17 Å². The van der Waals surface area contributed by atoms with Crippen LogP contribution in [0.4, 0.5) is 10.1 Å². The third kappa shape index (κ3) is 5.69. The number of amidine groups is 1. The van der Waals surface area contributed by atoms with Crippen molar-refractivity contribution in [2.24, 2.45) is 4.99 Å². The number of carboxylic acids is 1. The van der Waals surface area contributed by atoms with Crippen LogP contribution in [0, 0.1) is 5.82 Å². The number of nitrogens with zero attached hydrogens (tertiary/aromatic N) is 2. The minimum Gasteiger partial charge on any atom is -0.481 e. The minimum absolute atomic E-state index is 0.169. The van der Waals surface area contributed by atoms with E-state index in [0.717, 1.165) is 11.8 Å². The van der Waals surface area contributed by atoms with Crippen molar-refractivity contribution >= 4 is 40.5 Å². The third-order valence-corrected chi connectivity index (χ3v) is 5.72. The molecule has 1 N–H and O–H groups in total. The molecule has 1 fully saturated rings. The standard InChI is InChI=1S/C22H21FN2O5S/c1-2-30-21(29)15-7-9-16(10-8-15)24-22-25(20(28)18(31-22)13-19(26)27)12-11-14-5-3-4-6-17(14)23/h3-10,18H,2,11-13H2,1H3,(H,26,27). The van der Waals surface area contributed by atoms with Crippen molar-refractivity contribution < 1.29 is 28.6 Å². The van der Waals surface area contributed by atoms with E-state index in [1.54, 1.807) is 49.4 Å². The highest BCUT2D eigenvalue weighted by Gasteiger charge is 2.39. The quantitative estimate of drug-likeness (QED) is 0.625. The molecule has 2 aromatic rings. The smallest absolute Gasteiger partial charge is 0.338 e. The molecular weight excluding hydrogens is 423 g/mol. The number of aliphatic carboxylic acids is 1. The summed E-state index contributed by atoms with van der Waals surface area (Å²) >= 11 is 1.07. The number of carbonyl (C=O) groups is 3. The number of rotatable bonds is 8. The SMILES string of the molecule is CCOC(=O)c1ccc(N=C2SC(CC(=O)O)C(=O)N2CCc2ccccc2F)cc1. The van der Waals surface area contributed by atoms with Crippen LogP contribution in [0.2, 0.25) is 0 Å². The largest absolute Gasteiger partial charge is 0.481 e. The fourth-order valence-corrected chi connectivity index (χ4v) is 4.19. The van der Waals surface area contributed by atoms with E-state index in [2.05, 4.69) is 4.99 Å². The zero-order valence-corrected chi connectivity index (χ0v) is 17.6. The number of benzene rings is 2. The summed E-state index contributed by atoms with van der Waals surface area (Å²) < 4.78 is 18.9. The van der Waals surface area contributed by atoms with Crippen LogP contribution < -0.4 is 0 Å². The molecule has 0 saturated carbocycles. The number of thioether (sulfide) groups is 1. The van der Waals surface area contributed by atoms with Gasteiger partial charge in [-0.2, -0.15) is 0 Å². The van der Waals surface area contributed by atoms with E-state index in [1.807, 2.05) is 0 Å². The monoisotopic (exact) mass is 444 g/mol. The maximum Gasteiger partial charge on any atom is 0.338 e. The molecule has 1 unspecified atom stereocenters. The van der Waals surface area contributed by atoms with Gasteiger partial charge in [0, 0.05) is 6.54 Å². The van der Waals surface area contributed by atoms with E-state index in [9.17, 15) is 18.8 Å². The maximum atomic E-state index is 14.0. The summed E-state index contributed by atoms with van der Waals surface area (Å²) in [4.78, 5) is 41.6. The summed E-state index contributed by atoms with van der Waals surface area (Å²) in [6.45, 7) is 2.15. The van der Waals surface area contributed by atoms with Gasteiger partial charge < -0.3 is 9.84 Å². The highest BCUT2D eigenvalue weighted by molar-refractivity contribution is 8.15. The van der Waals surface area contributed by atoms with Gasteiger partial charge in [-0.3, -0.25) is 14.5 Å².